The Bertz CT molecular complexity index is 738. The number of hydrogen-bond acceptors (Lipinski definition) is 6. The topological polar surface area (TPSA) is 99.4 Å². The van der Waals surface area contributed by atoms with E-state index in [1.807, 2.05) is 0 Å². The van der Waals surface area contributed by atoms with Crippen LogP contribution in [0.5, 0.6) is 0 Å². The van der Waals surface area contributed by atoms with Crippen LogP contribution in [-0.4, -0.2) is 57.5 Å². The van der Waals surface area contributed by atoms with Gasteiger partial charge in [-0.3, -0.25) is 14.5 Å². The van der Waals surface area contributed by atoms with Gasteiger partial charge in [-0.1, -0.05) is 24.4 Å². The first-order valence-electron chi connectivity index (χ1n) is 11.4. The van der Waals surface area contributed by atoms with E-state index in [2.05, 4.69) is 11.1 Å². The molecule has 0 aromatic rings. The van der Waals surface area contributed by atoms with Gasteiger partial charge in [-0.05, 0) is 32.1 Å². The Morgan fingerprint density at radius 3 is 2.53 bits per heavy atom. The van der Waals surface area contributed by atoms with Gasteiger partial charge in [-0.25, -0.2) is 0 Å². The summed E-state index contributed by atoms with van der Waals surface area (Å²) in [6, 6.07) is -0.0129. The lowest BCUT2D eigenvalue weighted by molar-refractivity contribution is -0.145. The molecule has 0 bridgehead atoms. The van der Waals surface area contributed by atoms with Crippen molar-refractivity contribution in [3.63, 3.8) is 0 Å². The zero-order valence-corrected chi connectivity index (χ0v) is 17.4. The van der Waals surface area contributed by atoms with Crippen molar-refractivity contribution in [1.82, 2.24) is 4.90 Å². The summed E-state index contributed by atoms with van der Waals surface area (Å²) >= 11 is 0. The highest BCUT2D eigenvalue weighted by molar-refractivity contribution is 6.06. The number of hydrogen-bond donors (Lipinski definition) is 2. The number of oxime groups is 1. The fourth-order valence-corrected chi connectivity index (χ4v) is 6.06. The molecule has 7 heteroatoms. The lowest BCUT2D eigenvalue weighted by Gasteiger charge is -2.45. The second-order valence-corrected chi connectivity index (χ2v) is 9.22. The molecular formula is C23H32N2O5. The Hall–Kier alpha value is -1.91. The number of rotatable bonds is 5. The predicted molar refractivity (Wildman–Crippen MR) is 110 cm³/mol. The van der Waals surface area contributed by atoms with Crippen molar-refractivity contribution in [1.29, 1.82) is 0 Å². The third kappa shape index (κ3) is 3.76. The fourth-order valence-electron chi connectivity index (χ4n) is 6.06. The van der Waals surface area contributed by atoms with Gasteiger partial charge in [0.15, 0.2) is 0 Å². The highest BCUT2D eigenvalue weighted by Crippen LogP contribution is 2.50. The van der Waals surface area contributed by atoms with Gasteiger partial charge in [-0.15, -0.1) is 12.3 Å². The average Bonchev–Trinajstić information content (AvgIpc) is 3.01. The number of unbranched alkanes of at least 4 members (excludes halogenated alkanes) is 1. The Morgan fingerprint density at radius 1 is 1.07 bits per heavy atom. The van der Waals surface area contributed by atoms with Crippen molar-refractivity contribution in [3.05, 3.63) is 0 Å². The van der Waals surface area contributed by atoms with Crippen LogP contribution in [0.3, 0.4) is 0 Å². The van der Waals surface area contributed by atoms with Crippen LogP contribution in [0.15, 0.2) is 5.16 Å². The van der Waals surface area contributed by atoms with Crippen LogP contribution in [0.1, 0.15) is 64.2 Å². The van der Waals surface area contributed by atoms with E-state index >= 15 is 0 Å². The van der Waals surface area contributed by atoms with Crippen LogP contribution in [-0.2, 0) is 14.4 Å². The molecule has 0 spiro atoms. The number of likely N-dealkylation sites (tertiary alicyclic amines) is 1. The molecule has 0 radical (unpaired) electrons. The Balaban J connectivity index is 1.55. The smallest absolute Gasteiger partial charge is 0.233 e. The van der Waals surface area contributed by atoms with Crippen molar-refractivity contribution in [2.45, 2.75) is 82.5 Å². The summed E-state index contributed by atoms with van der Waals surface area (Å²) < 4.78 is 0. The maximum atomic E-state index is 13.4. The number of terminal acetylenes is 1. The van der Waals surface area contributed by atoms with E-state index in [1.165, 1.54) is 4.90 Å². The molecule has 4 fully saturated rings. The molecule has 0 aromatic carbocycles. The van der Waals surface area contributed by atoms with Crippen LogP contribution in [0, 0.1) is 36.0 Å². The standard InChI is InChI=1S/C23H32N2O5/c1-2-3-7-12-30-24-17-13-18(26)21(27)19-15(17)10-11-16-20(19)23(29)25(22(16)28)14-8-5-4-6-9-14/h1,14-16,18-21,26-27H,3-13H2/t15-,16+,18+,19-,20+,21+/m0/s1. The Morgan fingerprint density at radius 2 is 1.80 bits per heavy atom. The molecule has 6 atom stereocenters. The van der Waals surface area contributed by atoms with Crippen molar-refractivity contribution in [2.75, 3.05) is 6.61 Å². The van der Waals surface area contributed by atoms with Crippen LogP contribution in [0.4, 0.5) is 0 Å². The summed E-state index contributed by atoms with van der Waals surface area (Å²) in [5.41, 5.74) is 0.688. The molecule has 1 saturated heterocycles. The number of carbonyl (C=O) groups excluding carboxylic acids is 2. The van der Waals surface area contributed by atoms with E-state index in [0.717, 1.165) is 32.1 Å². The SMILES string of the molecule is C#CCCCON=C1C[C@@H](O)[C@@H](O)[C@@H]2[C@@H]3C(=O)N(C4CCCCC4)C(=O)[C@@H]3CC[C@@H]12. The molecule has 4 rings (SSSR count). The zero-order chi connectivity index (χ0) is 21.3. The lowest BCUT2D eigenvalue weighted by atomic mass is 9.60. The van der Waals surface area contributed by atoms with Crippen molar-refractivity contribution in [2.24, 2.45) is 28.8 Å². The van der Waals surface area contributed by atoms with Gasteiger partial charge in [0.1, 0.15) is 6.61 Å². The number of imide groups is 1. The van der Waals surface area contributed by atoms with Gasteiger partial charge in [0.05, 0.1) is 29.8 Å². The molecule has 0 unspecified atom stereocenters. The van der Waals surface area contributed by atoms with Crippen molar-refractivity contribution >= 4 is 17.5 Å². The number of aliphatic hydroxyl groups is 2. The van der Waals surface area contributed by atoms with Gasteiger partial charge >= 0.3 is 0 Å². The van der Waals surface area contributed by atoms with Gasteiger partial charge in [0, 0.05) is 30.7 Å². The quantitative estimate of drug-likeness (QED) is 0.308. The van der Waals surface area contributed by atoms with Gasteiger partial charge in [-0.2, -0.15) is 0 Å². The van der Waals surface area contributed by atoms with E-state index in [1.54, 1.807) is 0 Å². The molecule has 4 aliphatic rings. The molecule has 1 aliphatic heterocycles. The average molecular weight is 417 g/mol. The van der Waals surface area contributed by atoms with Crippen LogP contribution >= 0.6 is 0 Å². The van der Waals surface area contributed by atoms with Gasteiger partial charge in [0.2, 0.25) is 11.8 Å². The summed E-state index contributed by atoms with van der Waals surface area (Å²) in [7, 11) is 0. The first-order chi connectivity index (χ1) is 14.5. The fraction of sp³-hybridized carbons (Fsp3) is 0.783. The van der Waals surface area contributed by atoms with Crippen LogP contribution < -0.4 is 0 Å². The summed E-state index contributed by atoms with van der Waals surface area (Å²) in [4.78, 5) is 33.5. The van der Waals surface area contributed by atoms with Gasteiger partial charge < -0.3 is 15.1 Å². The van der Waals surface area contributed by atoms with E-state index in [0.29, 0.717) is 38.0 Å². The number of carbonyl (C=O) groups is 2. The Kier molecular flexibility index (Phi) is 6.45. The van der Waals surface area contributed by atoms with E-state index < -0.39 is 30.0 Å². The van der Waals surface area contributed by atoms with Crippen LogP contribution in [0.25, 0.3) is 0 Å². The maximum Gasteiger partial charge on any atom is 0.233 e. The molecule has 0 aromatic heterocycles. The molecule has 3 aliphatic carbocycles. The molecule has 164 valence electrons. The minimum atomic E-state index is -1.04. The molecule has 1 heterocycles. The predicted octanol–water partition coefficient (Wildman–Crippen LogP) is 1.86. The summed E-state index contributed by atoms with van der Waals surface area (Å²) in [5, 5.41) is 25.6. The maximum absolute atomic E-state index is 13.4. The molecule has 7 nitrogen and oxygen atoms in total. The minimum absolute atomic E-state index is 0.0129. The zero-order valence-electron chi connectivity index (χ0n) is 17.4. The third-order valence-electron chi connectivity index (χ3n) is 7.49. The van der Waals surface area contributed by atoms with Crippen LogP contribution in [0.2, 0.25) is 0 Å². The number of aliphatic hydroxyl groups excluding tert-OH is 2. The third-order valence-corrected chi connectivity index (χ3v) is 7.49. The van der Waals surface area contributed by atoms with E-state index in [4.69, 9.17) is 11.3 Å². The first kappa shape index (κ1) is 21.3. The lowest BCUT2D eigenvalue weighted by Crippen LogP contribution is -2.54. The molecule has 30 heavy (non-hydrogen) atoms. The van der Waals surface area contributed by atoms with Crippen molar-refractivity contribution < 1.29 is 24.6 Å². The molecule has 2 N–H and O–H groups in total. The van der Waals surface area contributed by atoms with Gasteiger partial charge in [0.25, 0.3) is 0 Å². The van der Waals surface area contributed by atoms with E-state index in [-0.39, 0.29) is 30.2 Å². The number of nitrogens with zero attached hydrogens (tertiary/aromatic N) is 2. The monoisotopic (exact) mass is 416 g/mol. The van der Waals surface area contributed by atoms with Crippen molar-refractivity contribution in [3.8, 4) is 12.3 Å². The summed E-state index contributed by atoms with van der Waals surface area (Å²) in [5.74, 6) is 0.707. The molecular weight excluding hydrogens is 384 g/mol. The summed E-state index contributed by atoms with van der Waals surface area (Å²) in [6.45, 7) is 0.392. The molecule has 3 saturated carbocycles. The summed E-state index contributed by atoms with van der Waals surface area (Å²) in [6.07, 6.45) is 11.0. The first-order valence-corrected chi connectivity index (χ1v) is 11.4. The highest BCUT2D eigenvalue weighted by Gasteiger charge is 2.60. The Labute approximate surface area is 177 Å². The minimum Gasteiger partial charge on any atom is -0.396 e. The molecule has 2 amide bonds. The second-order valence-electron chi connectivity index (χ2n) is 9.22. The highest BCUT2D eigenvalue weighted by atomic mass is 16.6. The largest absolute Gasteiger partial charge is 0.396 e. The second kappa shape index (κ2) is 9.07. The normalized spacial score (nSPS) is 38.3. The number of fused-ring (bicyclic) bond motifs is 3. The van der Waals surface area contributed by atoms with E-state index in [9.17, 15) is 19.8 Å². The number of amides is 2.